The van der Waals surface area contributed by atoms with Gasteiger partial charge in [-0.2, -0.15) is 0 Å². The number of likely N-dealkylation sites (tertiary alicyclic amines) is 1. The van der Waals surface area contributed by atoms with Gasteiger partial charge in [0.1, 0.15) is 5.75 Å². The fourth-order valence-electron chi connectivity index (χ4n) is 4.19. The first-order chi connectivity index (χ1) is 15.2. The highest BCUT2D eigenvalue weighted by Crippen LogP contribution is 2.37. The van der Waals surface area contributed by atoms with Crippen molar-refractivity contribution in [3.63, 3.8) is 0 Å². The number of hydrogen-bond acceptors (Lipinski definition) is 6. The van der Waals surface area contributed by atoms with Crippen LogP contribution in [0.2, 0.25) is 0 Å². The van der Waals surface area contributed by atoms with Crippen LogP contribution in [0.4, 0.5) is 5.95 Å². The number of rotatable bonds is 7. The Morgan fingerprint density at radius 1 is 1.06 bits per heavy atom. The van der Waals surface area contributed by atoms with Gasteiger partial charge in [-0.25, -0.2) is 9.97 Å². The number of anilines is 1. The molecule has 1 fully saturated rings. The Morgan fingerprint density at radius 3 is 2.55 bits per heavy atom. The Bertz CT molecular complexity index is 975. The lowest BCUT2D eigenvalue weighted by atomic mass is 9.93. The van der Waals surface area contributed by atoms with E-state index in [9.17, 15) is 0 Å². The van der Waals surface area contributed by atoms with Gasteiger partial charge in [-0.05, 0) is 61.7 Å². The fourth-order valence-corrected chi connectivity index (χ4v) is 4.19. The van der Waals surface area contributed by atoms with Crippen molar-refractivity contribution in [2.24, 2.45) is 0 Å². The van der Waals surface area contributed by atoms with Gasteiger partial charge in [-0.3, -0.25) is 9.88 Å². The lowest BCUT2D eigenvalue weighted by molar-refractivity contribution is 0.137. The molecule has 3 aromatic rings. The summed E-state index contributed by atoms with van der Waals surface area (Å²) < 4.78 is 5.60. The van der Waals surface area contributed by atoms with E-state index in [0.717, 1.165) is 48.0 Å². The van der Waals surface area contributed by atoms with Crippen molar-refractivity contribution in [1.82, 2.24) is 19.9 Å². The molecule has 0 saturated carbocycles. The van der Waals surface area contributed by atoms with Gasteiger partial charge >= 0.3 is 0 Å². The van der Waals surface area contributed by atoms with Gasteiger partial charge < -0.3 is 9.64 Å². The Balaban J connectivity index is 1.67. The Morgan fingerprint density at radius 2 is 1.84 bits per heavy atom. The van der Waals surface area contributed by atoms with Gasteiger partial charge in [0.05, 0.1) is 18.3 Å². The van der Waals surface area contributed by atoms with Crippen LogP contribution in [0.5, 0.6) is 5.75 Å². The molecule has 0 radical (unpaired) electrons. The molecule has 1 unspecified atom stereocenters. The van der Waals surface area contributed by atoms with Gasteiger partial charge in [0.15, 0.2) is 0 Å². The van der Waals surface area contributed by atoms with Crippen LogP contribution in [0, 0.1) is 0 Å². The summed E-state index contributed by atoms with van der Waals surface area (Å²) in [5.74, 6) is 1.67. The minimum absolute atomic E-state index is 0.255. The number of aromatic nitrogens is 3. The van der Waals surface area contributed by atoms with Gasteiger partial charge in [0.25, 0.3) is 0 Å². The predicted molar refractivity (Wildman–Crippen MR) is 124 cm³/mol. The molecular weight excluding hydrogens is 386 g/mol. The molecule has 2 aromatic heterocycles. The molecule has 162 valence electrons. The molecule has 4 rings (SSSR count). The Kier molecular flexibility index (Phi) is 6.77. The number of nitrogens with zero attached hydrogens (tertiary/aromatic N) is 5. The van der Waals surface area contributed by atoms with Crippen LogP contribution >= 0.6 is 0 Å². The minimum Gasteiger partial charge on any atom is -0.494 e. The van der Waals surface area contributed by atoms with Crippen molar-refractivity contribution in [2.75, 3.05) is 32.1 Å². The van der Waals surface area contributed by atoms with E-state index < -0.39 is 0 Å². The molecule has 1 atom stereocenters. The summed E-state index contributed by atoms with van der Waals surface area (Å²) in [6, 6.07) is 12.8. The van der Waals surface area contributed by atoms with E-state index in [1.807, 2.05) is 56.6 Å². The minimum atomic E-state index is 0.255. The summed E-state index contributed by atoms with van der Waals surface area (Å²) in [5, 5.41) is 0. The molecule has 31 heavy (non-hydrogen) atoms. The summed E-state index contributed by atoms with van der Waals surface area (Å²) >= 11 is 0. The summed E-state index contributed by atoms with van der Waals surface area (Å²) in [4.78, 5) is 18.4. The van der Waals surface area contributed by atoms with E-state index in [0.29, 0.717) is 6.61 Å². The predicted octanol–water partition coefficient (Wildman–Crippen LogP) is 4.73. The third-order valence-electron chi connectivity index (χ3n) is 5.75. The van der Waals surface area contributed by atoms with Crippen LogP contribution in [0.25, 0.3) is 11.1 Å². The second-order valence-corrected chi connectivity index (χ2v) is 8.16. The Hall–Kier alpha value is -2.99. The Labute approximate surface area is 184 Å². The van der Waals surface area contributed by atoms with E-state index in [-0.39, 0.29) is 6.04 Å². The number of pyridine rings is 1. The van der Waals surface area contributed by atoms with Gasteiger partial charge in [-0.1, -0.05) is 18.6 Å². The van der Waals surface area contributed by atoms with Crippen LogP contribution in [-0.2, 0) is 6.54 Å². The first-order valence-electron chi connectivity index (χ1n) is 11.1. The summed E-state index contributed by atoms with van der Waals surface area (Å²) in [7, 11) is 3.98. The molecule has 0 N–H and O–H groups in total. The van der Waals surface area contributed by atoms with Crippen LogP contribution in [0.15, 0.2) is 55.0 Å². The SMILES string of the molecule is CCOc1ccc(CN2CCCCC2c2nc(N(C)C)ncc2-c2ccncc2)cc1. The van der Waals surface area contributed by atoms with Crippen LogP contribution < -0.4 is 9.64 Å². The lowest BCUT2D eigenvalue weighted by Crippen LogP contribution is -2.34. The zero-order valence-electron chi connectivity index (χ0n) is 18.7. The molecule has 6 nitrogen and oxygen atoms in total. The highest BCUT2D eigenvalue weighted by molar-refractivity contribution is 5.66. The monoisotopic (exact) mass is 417 g/mol. The summed E-state index contributed by atoms with van der Waals surface area (Å²) in [5.41, 5.74) is 4.61. The molecule has 1 saturated heterocycles. The second kappa shape index (κ2) is 9.88. The van der Waals surface area contributed by atoms with Gasteiger partial charge in [0, 0.05) is 44.8 Å². The average Bonchev–Trinajstić information content (AvgIpc) is 2.81. The third-order valence-corrected chi connectivity index (χ3v) is 5.75. The largest absolute Gasteiger partial charge is 0.494 e. The maximum Gasteiger partial charge on any atom is 0.225 e. The number of hydrogen-bond donors (Lipinski definition) is 0. The molecule has 0 spiro atoms. The molecule has 0 amide bonds. The summed E-state index contributed by atoms with van der Waals surface area (Å²) in [6.45, 7) is 4.66. The van der Waals surface area contributed by atoms with E-state index in [1.165, 1.54) is 18.4 Å². The van der Waals surface area contributed by atoms with E-state index in [4.69, 9.17) is 9.72 Å². The van der Waals surface area contributed by atoms with E-state index in [1.54, 1.807) is 0 Å². The van der Waals surface area contributed by atoms with E-state index >= 15 is 0 Å². The maximum atomic E-state index is 5.60. The first kappa shape index (κ1) is 21.2. The van der Waals surface area contributed by atoms with Crippen LogP contribution in [0.1, 0.15) is 43.5 Å². The molecule has 1 aromatic carbocycles. The third kappa shape index (κ3) is 5.02. The highest BCUT2D eigenvalue weighted by Gasteiger charge is 2.28. The molecule has 1 aliphatic heterocycles. The van der Waals surface area contributed by atoms with Crippen LogP contribution in [0.3, 0.4) is 0 Å². The van der Waals surface area contributed by atoms with Crippen molar-refractivity contribution in [3.8, 4) is 16.9 Å². The van der Waals surface area contributed by atoms with Crippen molar-refractivity contribution < 1.29 is 4.74 Å². The quantitative estimate of drug-likeness (QED) is 0.554. The first-order valence-corrected chi connectivity index (χ1v) is 11.1. The molecule has 1 aliphatic rings. The zero-order valence-corrected chi connectivity index (χ0v) is 18.7. The highest BCUT2D eigenvalue weighted by atomic mass is 16.5. The number of ether oxygens (including phenoxy) is 1. The number of benzene rings is 1. The van der Waals surface area contributed by atoms with Crippen molar-refractivity contribution >= 4 is 5.95 Å². The molecule has 0 aliphatic carbocycles. The van der Waals surface area contributed by atoms with Gasteiger partial charge in [-0.15, -0.1) is 0 Å². The zero-order chi connectivity index (χ0) is 21.6. The van der Waals surface area contributed by atoms with E-state index in [2.05, 4.69) is 39.1 Å². The topological polar surface area (TPSA) is 54.4 Å². The second-order valence-electron chi connectivity index (χ2n) is 8.16. The van der Waals surface area contributed by atoms with Crippen molar-refractivity contribution in [1.29, 1.82) is 0 Å². The molecule has 3 heterocycles. The van der Waals surface area contributed by atoms with Crippen molar-refractivity contribution in [2.45, 2.75) is 38.8 Å². The van der Waals surface area contributed by atoms with Gasteiger partial charge in [0.2, 0.25) is 5.95 Å². The lowest BCUT2D eigenvalue weighted by Gasteiger charge is -2.36. The number of piperidine rings is 1. The fraction of sp³-hybridized carbons (Fsp3) is 0.400. The normalized spacial score (nSPS) is 16.8. The maximum absolute atomic E-state index is 5.60. The smallest absolute Gasteiger partial charge is 0.225 e. The standard InChI is InChI=1S/C25H31N5O/c1-4-31-21-10-8-19(9-11-21)18-30-16-6-5-7-23(30)24-22(20-12-14-26-15-13-20)17-27-25(28-24)29(2)3/h8-15,17,23H,4-7,16,18H2,1-3H3. The van der Waals surface area contributed by atoms with Crippen LogP contribution in [-0.4, -0.2) is 47.1 Å². The van der Waals surface area contributed by atoms with Crippen molar-refractivity contribution in [3.05, 3.63) is 66.2 Å². The summed E-state index contributed by atoms with van der Waals surface area (Å²) in [6.07, 6.45) is 9.15. The molecular formula is C25H31N5O. The molecule has 6 heteroatoms. The molecule has 0 bridgehead atoms. The average molecular weight is 418 g/mol.